The second-order valence-electron chi connectivity index (χ2n) is 5.10. The van der Waals surface area contributed by atoms with Crippen LogP contribution >= 0.6 is 11.6 Å². The molecule has 18 heavy (non-hydrogen) atoms. The van der Waals surface area contributed by atoms with Crippen molar-refractivity contribution in [3.8, 4) is 0 Å². The van der Waals surface area contributed by atoms with Crippen molar-refractivity contribution in [2.45, 2.75) is 26.3 Å². The zero-order valence-electron chi connectivity index (χ0n) is 11.2. The van der Waals surface area contributed by atoms with Crippen molar-refractivity contribution in [2.75, 3.05) is 32.7 Å². The molecule has 0 saturated carbocycles. The van der Waals surface area contributed by atoms with Crippen LogP contribution in [0.4, 0.5) is 0 Å². The standard InChI is InChI=1S/C15H23ClN2/c1-2-3-7-17-8-10-18(11-9-17)13-14-5-4-6-15(16)12-14/h4-6,12H,2-3,7-11,13H2,1H3. The minimum absolute atomic E-state index is 0.842. The van der Waals surface area contributed by atoms with Gasteiger partial charge >= 0.3 is 0 Å². The van der Waals surface area contributed by atoms with Crippen LogP contribution in [0.5, 0.6) is 0 Å². The normalized spacial score (nSPS) is 18.1. The Labute approximate surface area is 116 Å². The van der Waals surface area contributed by atoms with Gasteiger partial charge in [0, 0.05) is 37.7 Å². The fourth-order valence-electron chi connectivity index (χ4n) is 2.45. The summed E-state index contributed by atoms with van der Waals surface area (Å²) < 4.78 is 0. The maximum absolute atomic E-state index is 6.02. The molecule has 1 aliphatic heterocycles. The maximum atomic E-state index is 6.02. The van der Waals surface area contributed by atoms with Gasteiger partial charge in [-0.05, 0) is 30.7 Å². The smallest absolute Gasteiger partial charge is 0.0409 e. The van der Waals surface area contributed by atoms with Crippen LogP contribution in [0.25, 0.3) is 0 Å². The Bertz CT molecular complexity index is 359. The zero-order valence-corrected chi connectivity index (χ0v) is 12.0. The van der Waals surface area contributed by atoms with Gasteiger partial charge in [-0.1, -0.05) is 37.1 Å². The highest BCUT2D eigenvalue weighted by molar-refractivity contribution is 6.30. The Morgan fingerprint density at radius 1 is 1.11 bits per heavy atom. The van der Waals surface area contributed by atoms with Gasteiger partial charge in [-0.15, -0.1) is 0 Å². The summed E-state index contributed by atoms with van der Waals surface area (Å²) in [5.41, 5.74) is 1.32. The number of hydrogen-bond donors (Lipinski definition) is 0. The lowest BCUT2D eigenvalue weighted by Gasteiger charge is -2.34. The number of hydrogen-bond acceptors (Lipinski definition) is 2. The van der Waals surface area contributed by atoms with Gasteiger partial charge < -0.3 is 4.90 Å². The van der Waals surface area contributed by atoms with Gasteiger partial charge in [0.1, 0.15) is 0 Å². The zero-order chi connectivity index (χ0) is 12.8. The summed E-state index contributed by atoms with van der Waals surface area (Å²) in [5, 5.41) is 0.842. The molecule has 1 heterocycles. The van der Waals surface area contributed by atoms with Crippen LogP contribution in [0.15, 0.2) is 24.3 Å². The van der Waals surface area contributed by atoms with Gasteiger partial charge in [0.15, 0.2) is 0 Å². The number of benzene rings is 1. The molecule has 0 unspecified atom stereocenters. The van der Waals surface area contributed by atoms with Crippen molar-refractivity contribution in [1.29, 1.82) is 0 Å². The second kappa shape index (κ2) is 7.13. The molecule has 1 fully saturated rings. The minimum atomic E-state index is 0.842. The van der Waals surface area contributed by atoms with Crippen LogP contribution in [0.3, 0.4) is 0 Å². The highest BCUT2D eigenvalue weighted by atomic mass is 35.5. The Hall–Kier alpha value is -0.570. The molecular weight excluding hydrogens is 244 g/mol. The molecular formula is C15H23ClN2. The van der Waals surface area contributed by atoms with E-state index in [2.05, 4.69) is 28.9 Å². The third kappa shape index (κ3) is 4.27. The predicted octanol–water partition coefficient (Wildman–Crippen LogP) is 3.26. The van der Waals surface area contributed by atoms with Crippen LogP contribution in [0.2, 0.25) is 5.02 Å². The number of nitrogens with zero attached hydrogens (tertiary/aromatic N) is 2. The van der Waals surface area contributed by atoms with Gasteiger partial charge in [-0.2, -0.15) is 0 Å². The summed E-state index contributed by atoms with van der Waals surface area (Å²) in [6.45, 7) is 9.33. The lowest BCUT2D eigenvalue weighted by Crippen LogP contribution is -2.46. The monoisotopic (exact) mass is 266 g/mol. The highest BCUT2D eigenvalue weighted by Crippen LogP contribution is 2.14. The van der Waals surface area contributed by atoms with Crippen LogP contribution in [-0.2, 0) is 6.54 Å². The molecule has 3 heteroatoms. The van der Waals surface area contributed by atoms with E-state index >= 15 is 0 Å². The van der Waals surface area contributed by atoms with E-state index in [4.69, 9.17) is 11.6 Å². The van der Waals surface area contributed by atoms with Crippen molar-refractivity contribution in [2.24, 2.45) is 0 Å². The lowest BCUT2D eigenvalue weighted by molar-refractivity contribution is 0.126. The van der Waals surface area contributed by atoms with Gasteiger partial charge in [0.05, 0.1) is 0 Å². The van der Waals surface area contributed by atoms with Crippen molar-refractivity contribution in [3.63, 3.8) is 0 Å². The topological polar surface area (TPSA) is 6.48 Å². The first-order valence-electron chi connectivity index (χ1n) is 6.97. The van der Waals surface area contributed by atoms with Gasteiger partial charge in [-0.25, -0.2) is 0 Å². The Morgan fingerprint density at radius 2 is 1.83 bits per heavy atom. The molecule has 0 spiro atoms. The molecule has 1 aliphatic rings. The van der Waals surface area contributed by atoms with E-state index in [1.807, 2.05) is 12.1 Å². The van der Waals surface area contributed by atoms with Crippen LogP contribution in [0.1, 0.15) is 25.3 Å². The Kier molecular flexibility index (Phi) is 5.48. The number of halogens is 1. The molecule has 1 aromatic rings. The average Bonchev–Trinajstić information content (AvgIpc) is 2.38. The summed E-state index contributed by atoms with van der Waals surface area (Å²) >= 11 is 6.02. The molecule has 0 aromatic heterocycles. The van der Waals surface area contributed by atoms with E-state index in [1.54, 1.807) is 0 Å². The van der Waals surface area contributed by atoms with Crippen molar-refractivity contribution in [1.82, 2.24) is 9.80 Å². The summed E-state index contributed by atoms with van der Waals surface area (Å²) in [6.07, 6.45) is 2.62. The minimum Gasteiger partial charge on any atom is -0.301 e. The van der Waals surface area contributed by atoms with E-state index in [-0.39, 0.29) is 0 Å². The van der Waals surface area contributed by atoms with E-state index in [9.17, 15) is 0 Å². The van der Waals surface area contributed by atoms with Crippen LogP contribution < -0.4 is 0 Å². The summed E-state index contributed by atoms with van der Waals surface area (Å²) in [5.74, 6) is 0. The molecule has 0 amide bonds. The van der Waals surface area contributed by atoms with E-state index in [0.717, 1.165) is 11.6 Å². The Morgan fingerprint density at radius 3 is 2.50 bits per heavy atom. The van der Waals surface area contributed by atoms with E-state index in [0.29, 0.717) is 0 Å². The summed E-state index contributed by atoms with van der Waals surface area (Å²) in [6, 6.07) is 8.21. The molecule has 100 valence electrons. The molecule has 0 aliphatic carbocycles. The highest BCUT2D eigenvalue weighted by Gasteiger charge is 2.16. The van der Waals surface area contributed by atoms with Crippen LogP contribution in [0, 0.1) is 0 Å². The first-order chi connectivity index (χ1) is 8.78. The largest absolute Gasteiger partial charge is 0.301 e. The first-order valence-corrected chi connectivity index (χ1v) is 7.35. The van der Waals surface area contributed by atoms with Gasteiger partial charge in [0.25, 0.3) is 0 Å². The SMILES string of the molecule is CCCCN1CCN(Cc2cccc(Cl)c2)CC1. The molecule has 1 saturated heterocycles. The molecule has 2 rings (SSSR count). The van der Waals surface area contributed by atoms with Crippen LogP contribution in [-0.4, -0.2) is 42.5 Å². The fourth-order valence-corrected chi connectivity index (χ4v) is 2.66. The third-order valence-corrected chi connectivity index (χ3v) is 3.82. The van der Waals surface area contributed by atoms with Crippen molar-refractivity contribution < 1.29 is 0 Å². The number of piperazine rings is 1. The van der Waals surface area contributed by atoms with Gasteiger partial charge in [0.2, 0.25) is 0 Å². The van der Waals surface area contributed by atoms with E-state index in [1.165, 1.54) is 51.1 Å². The maximum Gasteiger partial charge on any atom is 0.0409 e. The number of rotatable bonds is 5. The fraction of sp³-hybridized carbons (Fsp3) is 0.600. The molecule has 1 aromatic carbocycles. The molecule has 0 N–H and O–H groups in total. The second-order valence-corrected chi connectivity index (χ2v) is 5.54. The molecule has 2 nitrogen and oxygen atoms in total. The van der Waals surface area contributed by atoms with Gasteiger partial charge in [-0.3, -0.25) is 4.90 Å². The molecule has 0 radical (unpaired) electrons. The van der Waals surface area contributed by atoms with Crippen molar-refractivity contribution >= 4 is 11.6 Å². The lowest BCUT2D eigenvalue weighted by atomic mass is 10.2. The quantitative estimate of drug-likeness (QED) is 0.807. The predicted molar refractivity (Wildman–Crippen MR) is 78.1 cm³/mol. The third-order valence-electron chi connectivity index (χ3n) is 3.59. The summed E-state index contributed by atoms with van der Waals surface area (Å²) in [4.78, 5) is 5.10. The molecule has 0 bridgehead atoms. The Balaban J connectivity index is 1.76. The van der Waals surface area contributed by atoms with Crippen molar-refractivity contribution in [3.05, 3.63) is 34.9 Å². The summed E-state index contributed by atoms with van der Waals surface area (Å²) in [7, 11) is 0. The first kappa shape index (κ1) is 13.9. The van der Waals surface area contributed by atoms with E-state index < -0.39 is 0 Å². The molecule has 0 atom stereocenters. The number of unbranched alkanes of at least 4 members (excludes halogenated alkanes) is 1. The average molecular weight is 267 g/mol.